The number of fused-ring (bicyclic) bond motifs is 1. The minimum Gasteiger partial charge on any atom is -0.491 e. The maximum Gasteiger partial charge on any atom is 0.268 e. The summed E-state index contributed by atoms with van der Waals surface area (Å²) in [5, 5.41) is 5.90. The lowest BCUT2D eigenvalue weighted by atomic mass is 10.1. The zero-order valence-electron chi connectivity index (χ0n) is 22.2. The van der Waals surface area contributed by atoms with Crippen LogP contribution in [0.25, 0.3) is 22.2 Å². The highest BCUT2D eigenvalue weighted by Gasteiger charge is 2.23. The van der Waals surface area contributed by atoms with E-state index in [-0.39, 0.29) is 16.8 Å². The van der Waals surface area contributed by atoms with Gasteiger partial charge in [0.05, 0.1) is 17.7 Å². The summed E-state index contributed by atoms with van der Waals surface area (Å²) in [6, 6.07) is 22.5. The zero-order chi connectivity index (χ0) is 28.8. The molecular weight excluding hydrogens is 542 g/mol. The smallest absolute Gasteiger partial charge is 0.268 e. The number of nitrogens with one attached hydrogen (secondary N) is 2. The van der Waals surface area contributed by atoms with E-state index < -0.39 is 10.0 Å². The molecule has 0 aliphatic rings. The number of nitrogens with zero attached hydrogens (tertiary/aromatic N) is 3. The fraction of sp³-hybridized carbons (Fsp3) is 0.100. The summed E-state index contributed by atoms with van der Waals surface area (Å²) in [6.45, 7) is 4.41. The average molecular weight is 570 g/mol. The molecule has 10 nitrogen and oxygen atoms in total. The van der Waals surface area contributed by atoms with E-state index in [4.69, 9.17) is 14.5 Å². The van der Waals surface area contributed by atoms with Gasteiger partial charge in [-0.25, -0.2) is 22.4 Å². The second kappa shape index (κ2) is 12.0. The van der Waals surface area contributed by atoms with E-state index in [9.17, 15) is 13.2 Å². The molecule has 2 aromatic heterocycles. The van der Waals surface area contributed by atoms with Gasteiger partial charge < -0.3 is 20.1 Å². The molecule has 0 saturated heterocycles. The van der Waals surface area contributed by atoms with Crippen molar-refractivity contribution in [2.24, 2.45) is 0 Å². The third kappa shape index (κ3) is 6.11. The Morgan fingerprint density at radius 2 is 1.78 bits per heavy atom. The zero-order valence-corrected chi connectivity index (χ0v) is 23.0. The highest BCUT2D eigenvalue weighted by Crippen LogP contribution is 2.34. The molecule has 0 saturated carbocycles. The fourth-order valence-corrected chi connectivity index (χ4v) is 5.49. The molecule has 208 valence electrons. The van der Waals surface area contributed by atoms with Crippen LogP contribution in [0.4, 0.5) is 17.3 Å². The molecule has 0 bridgehead atoms. The molecule has 5 rings (SSSR count). The number of rotatable bonds is 11. The van der Waals surface area contributed by atoms with Gasteiger partial charge in [-0.15, -0.1) is 0 Å². The first kappa shape index (κ1) is 27.6. The molecule has 0 atom stereocenters. The van der Waals surface area contributed by atoms with Gasteiger partial charge in [-0.05, 0) is 60.2 Å². The van der Waals surface area contributed by atoms with Crippen molar-refractivity contribution in [1.82, 2.24) is 13.9 Å². The molecule has 0 unspecified atom stereocenters. The van der Waals surface area contributed by atoms with Crippen molar-refractivity contribution in [2.45, 2.75) is 4.90 Å². The topological polar surface area (TPSA) is 124 Å². The third-order valence-electron chi connectivity index (χ3n) is 6.10. The second-order valence-electron chi connectivity index (χ2n) is 8.85. The Hall–Kier alpha value is -5.00. The summed E-state index contributed by atoms with van der Waals surface area (Å²) in [4.78, 5) is 21.1. The van der Waals surface area contributed by atoms with Gasteiger partial charge in [0, 0.05) is 30.2 Å². The molecule has 5 aromatic rings. The second-order valence-corrected chi connectivity index (χ2v) is 10.7. The number of amides is 1. The first-order valence-corrected chi connectivity index (χ1v) is 14.0. The van der Waals surface area contributed by atoms with Crippen LogP contribution in [0.3, 0.4) is 0 Å². The maximum atomic E-state index is 13.6. The molecule has 2 heterocycles. The van der Waals surface area contributed by atoms with Crippen LogP contribution in [0.2, 0.25) is 0 Å². The summed E-state index contributed by atoms with van der Waals surface area (Å²) in [6.07, 6.45) is 4.17. The molecule has 0 fully saturated rings. The number of carbonyl (C=O) groups is 1. The number of carbonyl (C=O) groups excluding carboxylic acids is 1. The van der Waals surface area contributed by atoms with E-state index in [2.05, 4.69) is 22.2 Å². The van der Waals surface area contributed by atoms with Crippen molar-refractivity contribution in [3.8, 4) is 16.9 Å². The molecule has 1 amide bonds. The Bertz CT molecular complexity index is 1800. The number of methoxy groups -OCH3 is 1. The molecular formula is C30H27N5O5S. The number of ether oxygens (including phenoxy) is 2. The van der Waals surface area contributed by atoms with Gasteiger partial charge in [0.25, 0.3) is 10.0 Å². The van der Waals surface area contributed by atoms with Crippen molar-refractivity contribution in [1.29, 1.82) is 0 Å². The highest BCUT2D eigenvalue weighted by molar-refractivity contribution is 7.90. The van der Waals surface area contributed by atoms with Gasteiger partial charge in [0.2, 0.25) is 11.9 Å². The monoisotopic (exact) mass is 569 g/mol. The van der Waals surface area contributed by atoms with Gasteiger partial charge in [0.15, 0.2) is 0 Å². The van der Waals surface area contributed by atoms with Gasteiger partial charge in [-0.2, -0.15) is 0 Å². The lowest BCUT2D eigenvalue weighted by Gasteiger charge is -2.09. The number of anilines is 3. The summed E-state index contributed by atoms with van der Waals surface area (Å²) in [5.41, 5.74) is 3.16. The van der Waals surface area contributed by atoms with E-state index in [1.807, 2.05) is 30.3 Å². The molecule has 2 N–H and O–H groups in total. The first-order chi connectivity index (χ1) is 19.9. The Morgan fingerprint density at radius 3 is 2.51 bits per heavy atom. The van der Waals surface area contributed by atoms with Crippen molar-refractivity contribution in [2.75, 3.05) is 31.0 Å². The van der Waals surface area contributed by atoms with Crippen LogP contribution in [0, 0.1) is 0 Å². The normalized spacial score (nSPS) is 11.2. The van der Waals surface area contributed by atoms with Crippen LogP contribution in [-0.4, -0.2) is 48.6 Å². The summed E-state index contributed by atoms with van der Waals surface area (Å²) >= 11 is 0. The van der Waals surface area contributed by atoms with Crippen molar-refractivity contribution in [3.05, 3.63) is 104 Å². The lowest BCUT2D eigenvalue weighted by Crippen LogP contribution is -2.12. The predicted octanol–water partition coefficient (Wildman–Crippen LogP) is 5.23. The van der Waals surface area contributed by atoms with Crippen LogP contribution in [0.5, 0.6) is 5.75 Å². The largest absolute Gasteiger partial charge is 0.491 e. The van der Waals surface area contributed by atoms with Crippen LogP contribution in [0.1, 0.15) is 0 Å². The van der Waals surface area contributed by atoms with Gasteiger partial charge in [-0.3, -0.25) is 4.79 Å². The predicted molar refractivity (Wildman–Crippen MR) is 158 cm³/mol. The van der Waals surface area contributed by atoms with E-state index in [0.29, 0.717) is 46.8 Å². The van der Waals surface area contributed by atoms with E-state index in [1.54, 1.807) is 43.5 Å². The van der Waals surface area contributed by atoms with Gasteiger partial charge >= 0.3 is 0 Å². The molecule has 0 aliphatic carbocycles. The van der Waals surface area contributed by atoms with E-state index in [0.717, 1.165) is 5.69 Å². The molecule has 0 spiro atoms. The highest BCUT2D eigenvalue weighted by atomic mass is 32.2. The molecule has 0 radical (unpaired) electrons. The number of hydrogen-bond acceptors (Lipinski definition) is 8. The van der Waals surface area contributed by atoms with Crippen molar-refractivity contribution < 1.29 is 22.7 Å². The maximum absolute atomic E-state index is 13.6. The van der Waals surface area contributed by atoms with Crippen LogP contribution < -0.4 is 15.4 Å². The molecule has 3 aromatic carbocycles. The minimum atomic E-state index is -3.96. The summed E-state index contributed by atoms with van der Waals surface area (Å²) in [7, 11) is -2.35. The van der Waals surface area contributed by atoms with Crippen LogP contribution >= 0.6 is 0 Å². The van der Waals surface area contributed by atoms with Crippen LogP contribution in [0.15, 0.2) is 109 Å². The van der Waals surface area contributed by atoms with E-state index in [1.165, 1.54) is 34.6 Å². The van der Waals surface area contributed by atoms with Crippen LogP contribution in [-0.2, 0) is 19.6 Å². The standard InChI is InChI=1S/C30H27N5O5S/c1-3-28(36)32-23-9-7-8-21(18-23)26-20-35(41(37,38)25-10-5-4-6-11-25)27-19-31-30(34-29(26)27)33-22-12-14-24(15-13-22)40-17-16-39-2/h3-15,18-20H,1,16-17H2,2H3,(H,32,36)(H,31,33,34). The van der Waals surface area contributed by atoms with Crippen molar-refractivity contribution >= 4 is 44.3 Å². The minimum absolute atomic E-state index is 0.130. The molecule has 11 heteroatoms. The Morgan fingerprint density at radius 1 is 1.00 bits per heavy atom. The molecule has 41 heavy (non-hydrogen) atoms. The Balaban J connectivity index is 1.56. The summed E-state index contributed by atoms with van der Waals surface area (Å²) in [5.74, 6) is 0.607. The summed E-state index contributed by atoms with van der Waals surface area (Å²) < 4.78 is 39.1. The van der Waals surface area contributed by atoms with Gasteiger partial charge in [0.1, 0.15) is 23.4 Å². The Labute approximate surface area is 237 Å². The number of benzene rings is 3. The number of hydrogen-bond donors (Lipinski definition) is 2. The van der Waals surface area contributed by atoms with E-state index >= 15 is 0 Å². The quantitative estimate of drug-likeness (QED) is 0.164. The average Bonchev–Trinajstić information content (AvgIpc) is 3.38. The third-order valence-corrected chi connectivity index (χ3v) is 7.79. The molecule has 0 aliphatic heterocycles. The lowest BCUT2D eigenvalue weighted by molar-refractivity contribution is -0.111. The van der Waals surface area contributed by atoms with Crippen molar-refractivity contribution in [3.63, 3.8) is 0 Å². The van der Waals surface area contributed by atoms with Gasteiger partial charge in [-0.1, -0.05) is 36.9 Å². The number of aromatic nitrogens is 3. The SMILES string of the molecule is C=CC(=O)Nc1cccc(-c2cn(S(=O)(=O)c3ccccc3)c3cnc(Nc4ccc(OCCOC)cc4)nc23)c1. The fourth-order valence-electron chi connectivity index (χ4n) is 4.12. The Kier molecular flexibility index (Phi) is 8.09. The first-order valence-electron chi connectivity index (χ1n) is 12.6.